The molecule has 0 N–H and O–H groups in total. The number of benzene rings is 2. The average molecular weight is 593 g/mol. The molecule has 0 fully saturated rings. The first-order chi connectivity index (χ1) is 13.7. The van der Waals surface area contributed by atoms with Gasteiger partial charge in [0.2, 0.25) is 0 Å². The van der Waals surface area contributed by atoms with Crippen molar-refractivity contribution in [1.82, 2.24) is 9.13 Å². The van der Waals surface area contributed by atoms with Crippen LogP contribution < -0.4 is 0 Å². The van der Waals surface area contributed by atoms with Crippen LogP contribution in [-0.2, 0) is 24.8 Å². The molecule has 0 aliphatic carbocycles. The first-order valence-corrected chi connectivity index (χ1v) is 14.0. The van der Waals surface area contributed by atoms with Gasteiger partial charge in [-0.1, -0.05) is 0 Å². The number of imidazole rings is 1. The van der Waals surface area contributed by atoms with Gasteiger partial charge in [0, 0.05) is 0 Å². The molecule has 0 amide bonds. The van der Waals surface area contributed by atoms with Crippen LogP contribution in [0.2, 0.25) is 0 Å². The summed E-state index contributed by atoms with van der Waals surface area (Å²) >= 11 is -0.488. The maximum absolute atomic E-state index is 6.62. The summed E-state index contributed by atoms with van der Waals surface area (Å²) in [6, 6.07) is 11.3. The fourth-order valence-corrected chi connectivity index (χ4v) is 6.30. The Morgan fingerprint density at radius 1 is 0.897 bits per heavy atom. The molecule has 0 saturated carbocycles. The molecule has 4 heteroatoms. The monoisotopic (exact) mass is 592 g/mol. The van der Waals surface area contributed by atoms with Gasteiger partial charge in [0.05, 0.1) is 0 Å². The minimum absolute atomic E-state index is 0.459. The third-order valence-corrected chi connectivity index (χ3v) is 7.94. The van der Waals surface area contributed by atoms with E-state index in [2.05, 4.69) is 100 Å². The van der Waals surface area contributed by atoms with E-state index in [0.29, 0.717) is 11.8 Å². The number of nitrogens with zero attached hydrogens (tertiary/aromatic N) is 2. The summed E-state index contributed by atoms with van der Waals surface area (Å²) in [7, 11) is 6.62. The fourth-order valence-electron chi connectivity index (χ4n) is 4.15. The Bertz CT molecular complexity index is 1040. The number of rotatable bonds is 5. The van der Waals surface area contributed by atoms with E-state index < -0.39 is 18.2 Å². The van der Waals surface area contributed by atoms with Gasteiger partial charge < -0.3 is 0 Å². The second-order valence-electron chi connectivity index (χ2n) is 8.56. The second kappa shape index (κ2) is 9.22. The molecular formula is C25H32AuClN2-2. The molecule has 29 heavy (non-hydrogen) atoms. The summed E-state index contributed by atoms with van der Waals surface area (Å²) in [4.78, 5) is 0. The topological polar surface area (TPSA) is 9.86 Å². The molecule has 0 radical (unpaired) electrons. The third kappa shape index (κ3) is 4.56. The number of aryl methyl sites for hydroxylation is 3. The number of para-hydroxylation sites is 1. The number of aromatic nitrogens is 2. The van der Waals surface area contributed by atoms with Crippen molar-refractivity contribution in [2.45, 2.75) is 66.8 Å². The Labute approximate surface area is 188 Å². The summed E-state index contributed by atoms with van der Waals surface area (Å²) in [6.45, 7) is 16.5. The molecule has 0 saturated heterocycles. The molecule has 0 aliphatic heterocycles. The van der Waals surface area contributed by atoms with Crippen molar-refractivity contribution in [3.63, 3.8) is 0 Å². The number of halogens is 1. The second-order valence-corrected chi connectivity index (χ2v) is 10.9. The van der Waals surface area contributed by atoms with Crippen molar-refractivity contribution in [3.05, 3.63) is 79.7 Å². The van der Waals surface area contributed by atoms with Crippen LogP contribution in [0.5, 0.6) is 0 Å². The van der Waals surface area contributed by atoms with Crippen LogP contribution in [0.15, 0.2) is 42.7 Å². The van der Waals surface area contributed by atoms with Crippen molar-refractivity contribution < 1.29 is 18.2 Å². The van der Waals surface area contributed by atoms with Gasteiger partial charge in [0.25, 0.3) is 0 Å². The quantitative estimate of drug-likeness (QED) is 0.276. The van der Waals surface area contributed by atoms with E-state index in [9.17, 15) is 0 Å². The predicted molar refractivity (Wildman–Crippen MR) is 121 cm³/mol. The van der Waals surface area contributed by atoms with Crippen LogP contribution in [0.25, 0.3) is 5.69 Å². The average Bonchev–Trinajstić information content (AvgIpc) is 3.06. The van der Waals surface area contributed by atoms with Gasteiger partial charge in [0.1, 0.15) is 0 Å². The Balaban J connectivity index is 2.19. The standard InChI is InChI=1S/C25H32N2.Au.ClH/c1-17(2)22-9-8-10-23(18(3)4)25(22)27-12-11-26(16-27)15-24-20(6)13-19(5)14-21(24)7;;/h8-14,17-18H,15H2,1-7H3;;1H/q;-1;/p-1. The Kier molecular flexibility index (Phi) is 7.11. The van der Waals surface area contributed by atoms with Gasteiger partial charge in [-0.25, -0.2) is 0 Å². The summed E-state index contributed by atoms with van der Waals surface area (Å²) in [6.07, 6.45) is 4.41. The molecule has 1 aromatic heterocycles. The third-order valence-electron chi connectivity index (χ3n) is 5.59. The van der Waals surface area contributed by atoms with Crippen LogP contribution in [0.4, 0.5) is 0 Å². The molecule has 0 spiro atoms. The molecule has 2 aromatic carbocycles. The summed E-state index contributed by atoms with van der Waals surface area (Å²) in [5.74, 6) is 0.918. The molecule has 0 bridgehead atoms. The van der Waals surface area contributed by atoms with Gasteiger partial charge in [-0.3, -0.25) is 0 Å². The van der Waals surface area contributed by atoms with Crippen molar-refractivity contribution in [2.75, 3.05) is 0 Å². The number of hydrogen-bond donors (Lipinski definition) is 0. The van der Waals surface area contributed by atoms with Crippen LogP contribution in [0.3, 0.4) is 0 Å². The van der Waals surface area contributed by atoms with Crippen LogP contribution in [0, 0.1) is 24.4 Å². The Hall–Kier alpha value is -1.32. The zero-order valence-electron chi connectivity index (χ0n) is 18.5. The summed E-state index contributed by atoms with van der Waals surface area (Å²) in [5.41, 5.74) is 9.51. The zero-order valence-corrected chi connectivity index (χ0v) is 21.4. The van der Waals surface area contributed by atoms with E-state index >= 15 is 0 Å². The van der Waals surface area contributed by atoms with E-state index in [-0.39, 0.29) is 0 Å². The first-order valence-electron chi connectivity index (χ1n) is 10.2. The Morgan fingerprint density at radius 2 is 1.45 bits per heavy atom. The summed E-state index contributed by atoms with van der Waals surface area (Å²) < 4.78 is 5.93. The Morgan fingerprint density at radius 3 is 1.93 bits per heavy atom. The molecular weight excluding hydrogens is 561 g/mol. The van der Waals surface area contributed by atoms with E-state index in [0.717, 1.165) is 6.54 Å². The maximum atomic E-state index is 6.62. The van der Waals surface area contributed by atoms with E-state index in [4.69, 9.17) is 9.19 Å². The van der Waals surface area contributed by atoms with Crippen molar-refractivity contribution in [3.8, 4) is 5.69 Å². The van der Waals surface area contributed by atoms with Crippen molar-refractivity contribution >= 4 is 9.19 Å². The molecule has 3 aromatic rings. The fraction of sp³-hybridized carbons (Fsp3) is 0.400. The van der Waals surface area contributed by atoms with E-state index in [1.807, 2.05) is 0 Å². The molecule has 0 unspecified atom stereocenters. The van der Waals surface area contributed by atoms with Gasteiger partial charge in [-0.2, -0.15) is 0 Å². The number of hydrogen-bond acceptors (Lipinski definition) is 0. The first kappa shape index (κ1) is 22.4. The van der Waals surface area contributed by atoms with Crippen LogP contribution in [0.1, 0.15) is 72.9 Å². The van der Waals surface area contributed by atoms with Gasteiger partial charge in [-0.15, -0.1) is 0 Å². The predicted octanol–water partition coefficient (Wildman–Crippen LogP) is 7.27. The van der Waals surface area contributed by atoms with Crippen LogP contribution in [-0.4, -0.2) is 9.13 Å². The molecule has 1 heterocycles. The van der Waals surface area contributed by atoms with Gasteiger partial charge in [0.15, 0.2) is 0 Å². The minimum atomic E-state index is -0.488. The van der Waals surface area contributed by atoms with Gasteiger partial charge in [-0.05, 0) is 0 Å². The van der Waals surface area contributed by atoms with E-state index in [1.54, 1.807) is 0 Å². The molecule has 162 valence electrons. The normalized spacial score (nSPS) is 13.0. The van der Waals surface area contributed by atoms with Gasteiger partial charge >= 0.3 is 189 Å². The molecule has 2 nitrogen and oxygen atoms in total. The van der Waals surface area contributed by atoms with Crippen molar-refractivity contribution in [1.29, 1.82) is 0 Å². The SMILES string of the molecule is Cc1cc(C)c(Cn2ccn(-c3c(C(C)C)cccc3C(C)C)[c]2=[Au-2][Cl])c(C)c1. The molecule has 0 aliphatic rings. The van der Waals surface area contributed by atoms with Crippen molar-refractivity contribution in [2.24, 2.45) is 0 Å². The zero-order chi connectivity index (χ0) is 21.3. The van der Waals surface area contributed by atoms with Crippen LogP contribution >= 0.6 is 9.19 Å². The molecule has 0 atom stereocenters. The van der Waals surface area contributed by atoms with E-state index in [1.165, 1.54) is 42.7 Å². The molecule has 3 rings (SSSR count). The summed E-state index contributed by atoms with van der Waals surface area (Å²) in [5, 5.41) is 0.